The predicted octanol–water partition coefficient (Wildman–Crippen LogP) is 3.25. The molecule has 1 aromatic carbocycles. The van der Waals surface area contributed by atoms with E-state index in [0.717, 1.165) is 42.3 Å². The molecule has 0 spiro atoms. The van der Waals surface area contributed by atoms with Gasteiger partial charge in [0, 0.05) is 41.7 Å². The summed E-state index contributed by atoms with van der Waals surface area (Å²) in [6.07, 6.45) is 7.84. The lowest BCUT2D eigenvalue weighted by Gasteiger charge is -2.29. The van der Waals surface area contributed by atoms with Crippen LogP contribution in [0.3, 0.4) is 0 Å². The Morgan fingerprint density at radius 2 is 2.04 bits per heavy atom. The number of aromatic nitrogens is 3. The molecule has 0 bridgehead atoms. The number of rotatable bonds is 6. The molecule has 1 amide bonds. The SMILES string of the molecule is O=C(NC1CCC(NCC(F)F)CC1)c1cc(-n2ccnc2)cc2cc[nH]c12. The maximum atomic E-state index is 13.0. The van der Waals surface area contributed by atoms with Crippen molar-refractivity contribution in [3.8, 4) is 5.69 Å². The molecule has 4 rings (SSSR count). The second-order valence-electron chi connectivity index (χ2n) is 7.23. The van der Waals surface area contributed by atoms with Crippen molar-refractivity contribution >= 4 is 16.8 Å². The molecule has 2 aromatic heterocycles. The summed E-state index contributed by atoms with van der Waals surface area (Å²) in [6.45, 7) is -0.270. The highest BCUT2D eigenvalue weighted by molar-refractivity contribution is 6.06. The van der Waals surface area contributed by atoms with Crippen LogP contribution in [0, 0.1) is 0 Å². The Bertz CT molecular complexity index is 929. The molecule has 0 atom stereocenters. The van der Waals surface area contributed by atoms with Gasteiger partial charge in [-0.1, -0.05) is 0 Å². The third-order valence-electron chi connectivity index (χ3n) is 5.31. The van der Waals surface area contributed by atoms with E-state index in [-0.39, 0.29) is 24.5 Å². The monoisotopic (exact) mass is 387 g/mol. The number of nitrogens with one attached hydrogen (secondary N) is 3. The fraction of sp³-hybridized carbons (Fsp3) is 0.400. The minimum atomic E-state index is -2.33. The van der Waals surface area contributed by atoms with Crippen LogP contribution in [-0.2, 0) is 0 Å². The molecule has 0 radical (unpaired) electrons. The minimum Gasteiger partial charge on any atom is -0.361 e. The Labute approximate surface area is 161 Å². The van der Waals surface area contributed by atoms with Crippen molar-refractivity contribution in [2.75, 3.05) is 6.54 Å². The number of hydrogen-bond acceptors (Lipinski definition) is 3. The van der Waals surface area contributed by atoms with Crippen LogP contribution in [0.4, 0.5) is 8.78 Å². The zero-order valence-corrected chi connectivity index (χ0v) is 15.4. The van der Waals surface area contributed by atoms with E-state index >= 15 is 0 Å². The second kappa shape index (κ2) is 8.10. The molecule has 1 aliphatic carbocycles. The summed E-state index contributed by atoms with van der Waals surface area (Å²) in [5.74, 6) is -0.126. The first-order chi connectivity index (χ1) is 13.6. The van der Waals surface area contributed by atoms with E-state index in [1.54, 1.807) is 12.5 Å². The van der Waals surface area contributed by atoms with Gasteiger partial charge in [0.05, 0.1) is 24.0 Å². The van der Waals surface area contributed by atoms with Crippen LogP contribution in [-0.4, -0.2) is 45.5 Å². The molecule has 6 nitrogen and oxygen atoms in total. The standard InChI is InChI=1S/C20H23F2N5O/c21-18(22)11-25-14-1-3-15(4-2-14)26-20(28)17-10-16(27-8-7-23-12-27)9-13-5-6-24-19(13)17/h5-10,12,14-15,18,24-25H,1-4,11H2,(H,26,28). The van der Waals surface area contributed by atoms with Gasteiger partial charge < -0.3 is 20.2 Å². The maximum absolute atomic E-state index is 13.0. The largest absolute Gasteiger partial charge is 0.361 e. The summed E-state index contributed by atoms with van der Waals surface area (Å²) in [4.78, 5) is 20.2. The summed E-state index contributed by atoms with van der Waals surface area (Å²) in [6, 6.07) is 5.95. The van der Waals surface area contributed by atoms with Crippen molar-refractivity contribution in [1.82, 2.24) is 25.2 Å². The van der Waals surface area contributed by atoms with Crippen LogP contribution < -0.4 is 10.6 Å². The quantitative estimate of drug-likeness (QED) is 0.608. The first kappa shape index (κ1) is 18.6. The van der Waals surface area contributed by atoms with Crippen LogP contribution in [0.1, 0.15) is 36.0 Å². The molecule has 148 valence electrons. The van der Waals surface area contributed by atoms with E-state index in [1.165, 1.54) is 0 Å². The van der Waals surface area contributed by atoms with Crippen molar-refractivity contribution in [3.63, 3.8) is 0 Å². The highest BCUT2D eigenvalue weighted by Crippen LogP contribution is 2.24. The molecule has 2 heterocycles. The Morgan fingerprint density at radius 3 is 2.75 bits per heavy atom. The van der Waals surface area contributed by atoms with E-state index in [4.69, 9.17) is 0 Å². The van der Waals surface area contributed by atoms with Crippen molar-refractivity contribution in [1.29, 1.82) is 0 Å². The summed E-state index contributed by atoms with van der Waals surface area (Å²) in [7, 11) is 0. The number of amides is 1. The van der Waals surface area contributed by atoms with Crippen LogP contribution in [0.15, 0.2) is 43.1 Å². The normalized spacial score (nSPS) is 20.0. The highest BCUT2D eigenvalue weighted by Gasteiger charge is 2.24. The summed E-state index contributed by atoms with van der Waals surface area (Å²) < 4.78 is 26.5. The number of carbonyl (C=O) groups is 1. The number of halogens is 2. The minimum absolute atomic E-state index is 0.0546. The van der Waals surface area contributed by atoms with Gasteiger partial charge in [-0.05, 0) is 43.9 Å². The zero-order chi connectivity index (χ0) is 19.5. The average molecular weight is 387 g/mol. The van der Waals surface area contributed by atoms with Gasteiger partial charge in [-0.15, -0.1) is 0 Å². The summed E-state index contributed by atoms with van der Waals surface area (Å²) in [5.41, 5.74) is 2.26. The second-order valence-corrected chi connectivity index (χ2v) is 7.23. The third-order valence-corrected chi connectivity index (χ3v) is 5.31. The van der Waals surface area contributed by atoms with Gasteiger partial charge >= 0.3 is 0 Å². The third kappa shape index (κ3) is 4.06. The van der Waals surface area contributed by atoms with Crippen molar-refractivity contribution in [3.05, 3.63) is 48.7 Å². The fourth-order valence-corrected chi connectivity index (χ4v) is 3.86. The lowest BCUT2D eigenvalue weighted by molar-refractivity contribution is 0.0923. The molecule has 0 saturated heterocycles. The highest BCUT2D eigenvalue weighted by atomic mass is 19.3. The molecule has 3 N–H and O–H groups in total. The van der Waals surface area contributed by atoms with Gasteiger partial charge in [-0.3, -0.25) is 4.79 Å². The topological polar surface area (TPSA) is 74.7 Å². The molecule has 8 heteroatoms. The predicted molar refractivity (Wildman–Crippen MR) is 103 cm³/mol. The lowest BCUT2D eigenvalue weighted by atomic mass is 9.91. The lowest BCUT2D eigenvalue weighted by Crippen LogP contribution is -2.43. The summed E-state index contributed by atoms with van der Waals surface area (Å²) in [5, 5.41) is 6.96. The van der Waals surface area contributed by atoms with E-state index in [1.807, 2.05) is 35.2 Å². The average Bonchev–Trinajstić information content (AvgIpc) is 3.38. The van der Waals surface area contributed by atoms with Crippen LogP contribution in [0.25, 0.3) is 16.6 Å². The Hall–Kier alpha value is -2.74. The molecule has 1 aliphatic rings. The first-order valence-electron chi connectivity index (χ1n) is 9.52. The number of fused-ring (bicyclic) bond motifs is 1. The number of benzene rings is 1. The Balaban J connectivity index is 1.45. The van der Waals surface area contributed by atoms with Crippen molar-refractivity contribution in [2.24, 2.45) is 0 Å². The van der Waals surface area contributed by atoms with E-state index in [9.17, 15) is 13.6 Å². The van der Waals surface area contributed by atoms with Crippen LogP contribution in [0.5, 0.6) is 0 Å². The molecule has 28 heavy (non-hydrogen) atoms. The van der Waals surface area contributed by atoms with Crippen molar-refractivity contribution in [2.45, 2.75) is 44.2 Å². The molecule has 0 aliphatic heterocycles. The Kier molecular flexibility index (Phi) is 5.38. The molecular formula is C20H23F2N5O. The van der Waals surface area contributed by atoms with Gasteiger partial charge in [0.15, 0.2) is 0 Å². The smallest absolute Gasteiger partial charge is 0.253 e. The molecule has 3 aromatic rings. The van der Waals surface area contributed by atoms with Gasteiger partial charge in [0.2, 0.25) is 0 Å². The van der Waals surface area contributed by atoms with Crippen molar-refractivity contribution < 1.29 is 13.6 Å². The number of alkyl halides is 2. The number of H-pyrrole nitrogens is 1. The van der Waals surface area contributed by atoms with Gasteiger partial charge in [0.1, 0.15) is 0 Å². The molecular weight excluding hydrogens is 364 g/mol. The summed E-state index contributed by atoms with van der Waals surface area (Å²) >= 11 is 0. The molecule has 0 unspecified atom stereocenters. The number of nitrogens with zero attached hydrogens (tertiary/aromatic N) is 2. The number of aromatic amines is 1. The maximum Gasteiger partial charge on any atom is 0.253 e. The zero-order valence-electron chi connectivity index (χ0n) is 15.4. The van der Waals surface area contributed by atoms with Crippen LogP contribution >= 0.6 is 0 Å². The number of hydrogen-bond donors (Lipinski definition) is 3. The molecule has 1 fully saturated rings. The van der Waals surface area contributed by atoms with E-state index < -0.39 is 6.43 Å². The molecule has 1 saturated carbocycles. The number of imidazole rings is 1. The van der Waals surface area contributed by atoms with Crippen LogP contribution in [0.2, 0.25) is 0 Å². The van der Waals surface area contributed by atoms with Gasteiger partial charge in [0.25, 0.3) is 12.3 Å². The Morgan fingerprint density at radius 1 is 1.25 bits per heavy atom. The fourth-order valence-electron chi connectivity index (χ4n) is 3.86. The van der Waals surface area contributed by atoms with E-state index in [2.05, 4.69) is 20.6 Å². The van der Waals surface area contributed by atoms with E-state index in [0.29, 0.717) is 5.56 Å². The first-order valence-corrected chi connectivity index (χ1v) is 9.52. The van der Waals surface area contributed by atoms with Gasteiger partial charge in [-0.2, -0.15) is 0 Å². The number of carbonyl (C=O) groups excluding carboxylic acids is 1. The van der Waals surface area contributed by atoms with Gasteiger partial charge in [-0.25, -0.2) is 13.8 Å².